The van der Waals surface area contributed by atoms with Crippen LogP contribution < -0.4 is 5.32 Å². The number of aliphatic hydroxyl groups is 1. The van der Waals surface area contributed by atoms with E-state index in [1.165, 1.54) is 18.2 Å². The van der Waals surface area contributed by atoms with Crippen molar-refractivity contribution in [3.05, 3.63) is 41.7 Å². The minimum Gasteiger partial charge on any atom is -0.393 e. The molecule has 0 spiro atoms. The molecule has 3 nitrogen and oxygen atoms in total. The highest BCUT2D eigenvalue weighted by Gasteiger charge is 2.19. The third kappa shape index (κ3) is 4.78. The molecule has 2 unspecified atom stereocenters. The van der Waals surface area contributed by atoms with Gasteiger partial charge in [-0.05, 0) is 49.0 Å². The first kappa shape index (κ1) is 14.7. The molecule has 1 aliphatic rings. The van der Waals surface area contributed by atoms with Gasteiger partial charge in [-0.15, -0.1) is 0 Å². The molecule has 4 heteroatoms. The summed E-state index contributed by atoms with van der Waals surface area (Å²) >= 11 is 0. The summed E-state index contributed by atoms with van der Waals surface area (Å²) in [7, 11) is 0. The molecule has 2 rings (SSSR count). The van der Waals surface area contributed by atoms with Crippen LogP contribution in [-0.4, -0.2) is 23.7 Å². The molecule has 20 heavy (non-hydrogen) atoms. The van der Waals surface area contributed by atoms with E-state index in [1.54, 1.807) is 18.2 Å². The first-order chi connectivity index (χ1) is 9.63. The number of halogens is 1. The maximum Gasteiger partial charge on any atom is 0.244 e. The summed E-state index contributed by atoms with van der Waals surface area (Å²) < 4.78 is 13.0. The van der Waals surface area contributed by atoms with E-state index in [2.05, 4.69) is 5.32 Å². The van der Waals surface area contributed by atoms with Crippen molar-refractivity contribution in [2.75, 3.05) is 6.54 Å². The lowest BCUT2D eigenvalue weighted by Gasteiger charge is -2.25. The Balaban J connectivity index is 1.77. The van der Waals surface area contributed by atoms with Crippen LogP contribution in [0.2, 0.25) is 0 Å². The smallest absolute Gasteiger partial charge is 0.244 e. The third-order valence-electron chi connectivity index (χ3n) is 3.60. The molecule has 0 bridgehead atoms. The Labute approximate surface area is 118 Å². The molecule has 0 aromatic heterocycles. The molecule has 1 saturated carbocycles. The van der Waals surface area contributed by atoms with Gasteiger partial charge in [-0.2, -0.15) is 0 Å². The molecule has 0 radical (unpaired) electrons. The first-order valence-electron chi connectivity index (χ1n) is 7.03. The van der Waals surface area contributed by atoms with E-state index in [1.807, 2.05) is 0 Å². The quantitative estimate of drug-likeness (QED) is 0.831. The summed E-state index contributed by atoms with van der Waals surface area (Å²) in [6, 6.07) is 6.09. The molecular weight excluding hydrogens is 257 g/mol. The Morgan fingerprint density at radius 3 is 3.05 bits per heavy atom. The summed E-state index contributed by atoms with van der Waals surface area (Å²) in [4.78, 5) is 11.7. The average molecular weight is 277 g/mol. The van der Waals surface area contributed by atoms with Crippen LogP contribution in [0.25, 0.3) is 6.08 Å². The average Bonchev–Trinajstić information content (AvgIpc) is 2.43. The van der Waals surface area contributed by atoms with Gasteiger partial charge in [-0.3, -0.25) is 4.79 Å². The molecule has 1 fully saturated rings. The van der Waals surface area contributed by atoms with E-state index < -0.39 is 0 Å². The number of amides is 1. The minimum absolute atomic E-state index is 0.186. The van der Waals surface area contributed by atoms with Crippen molar-refractivity contribution < 1.29 is 14.3 Å². The normalized spacial score (nSPS) is 22.9. The lowest BCUT2D eigenvalue weighted by molar-refractivity contribution is -0.116. The van der Waals surface area contributed by atoms with Gasteiger partial charge >= 0.3 is 0 Å². The second-order valence-corrected chi connectivity index (χ2v) is 5.32. The Hall–Kier alpha value is -1.68. The zero-order valence-electron chi connectivity index (χ0n) is 11.4. The van der Waals surface area contributed by atoms with E-state index in [0.29, 0.717) is 18.0 Å². The molecule has 108 valence electrons. The molecule has 1 amide bonds. The van der Waals surface area contributed by atoms with Gasteiger partial charge in [0, 0.05) is 12.6 Å². The van der Waals surface area contributed by atoms with Crippen molar-refractivity contribution in [1.29, 1.82) is 0 Å². The van der Waals surface area contributed by atoms with Gasteiger partial charge in [0.25, 0.3) is 0 Å². The summed E-state index contributed by atoms with van der Waals surface area (Å²) in [6.07, 6.45) is 6.46. The fourth-order valence-electron chi connectivity index (χ4n) is 2.53. The lowest BCUT2D eigenvalue weighted by Crippen LogP contribution is -2.32. The predicted octanol–water partition coefficient (Wildman–Crippen LogP) is 2.51. The van der Waals surface area contributed by atoms with E-state index in [9.17, 15) is 14.3 Å². The van der Waals surface area contributed by atoms with Gasteiger partial charge in [0.1, 0.15) is 5.82 Å². The number of rotatable bonds is 4. The van der Waals surface area contributed by atoms with Gasteiger partial charge in [0.15, 0.2) is 0 Å². The molecule has 2 N–H and O–H groups in total. The molecule has 1 aromatic carbocycles. The highest BCUT2D eigenvalue weighted by atomic mass is 19.1. The van der Waals surface area contributed by atoms with Gasteiger partial charge in [0.2, 0.25) is 5.91 Å². The Bertz CT molecular complexity index is 487. The van der Waals surface area contributed by atoms with Crippen LogP contribution in [0.4, 0.5) is 4.39 Å². The van der Waals surface area contributed by atoms with Gasteiger partial charge in [0.05, 0.1) is 6.10 Å². The summed E-state index contributed by atoms with van der Waals surface area (Å²) in [5.74, 6) is -0.150. The topological polar surface area (TPSA) is 49.3 Å². The molecule has 2 atom stereocenters. The lowest BCUT2D eigenvalue weighted by atomic mass is 9.87. The number of aliphatic hydroxyl groups excluding tert-OH is 1. The van der Waals surface area contributed by atoms with E-state index in [4.69, 9.17) is 0 Å². The van der Waals surface area contributed by atoms with Crippen molar-refractivity contribution in [2.45, 2.75) is 31.8 Å². The standard InChI is InChI=1S/C16H20FNO2/c17-14-5-1-3-12(9-14)7-8-16(20)18-11-13-4-2-6-15(19)10-13/h1,3,5,7-9,13,15,19H,2,4,6,10-11H2,(H,18,20)/b8-7+. The number of carbonyl (C=O) groups excluding carboxylic acids is 1. The maximum atomic E-state index is 13.0. The Morgan fingerprint density at radius 2 is 2.30 bits per heavy atom. The fourth-order valence-corrected chi connectivity index (χ4v) is 2.53. The van der Waals surface area contributed by atoms with Gasteiger partial charge in [-0.1, -0.05) is 18.6 Å². The van der Waals surface area contributed by atoms with Crippen molar-refractivity contribution in [1.82, 2.24) is 5.32 Å². The van der Waals surface area contributed by atoms with Crippen LogP contribution in [0.1, 0.15) is 31.2 Å². The van der Waals surface area contributed by atoms with Crippen molar-refractivity contribution in [3.63, 3.8) is 0 Å². The first-order valence-corrected chi connectivity index (χ1v) is 7.03. The minimum atomic E-state index is -0.316. The van der Waals surface area contributed by atoms with Crippen molar-refractivity contribution in [3.8, 4) is 0 Å². The van der Waals surface area contributed by atoms with E-state index in [-0.39, 0.29) is 17.8 Å². The number of nitrogens with one attached hydrogen (secondary N) is 1. The number of hydrogen-bond acceptors (Lipinski definition) is 2. The Morgan fingerprint density at radius 1 is 1.45 bits per heavy atom. The molecule has 1 aromatic rings. The molecule has 0 saturated heterocycles. The number of benzene rings is 1. The van der Waals surface area contributed by atoms with E-state index in [0.717, 1.165) is 25.7 Å². The highest BCUT2D eigenvalue weighted by Crippen LogP contribution is 2.23. The second kappa shape index (κ2) is 7.20. The van der Waals surface area contributed by atoms with Crippen LogP contribution in [0.5, 0.6) is 0 Å². The maximum absolute atomic E-state index is 13.0. The Kier molecular flexibility index (Phi) is 5.30. The molecule has 0 heterocycles. The van der Waals surface area contributed by atoms with Crippen LogP contribution in [0.15, 0.2) is 30.3 Å². The summed E-state index contributed by atoms with van der Waals surface area (Å²) in [6.45, 7) is 0.587. The largest absolute Gasteiger partial charge is 0.393 e. The molecule has 0 aliphatic heterocycles. The second-order valence-electron chi connectivity index (χ2n) is 5.32. The third-order valence-corrected chi connectivity index (χ3v) is 3.60. The van der Waals surface area contributed by atoms with Crippen LogP contribution >= 0.6 is 0 Å². The van der Waals surface area contributed by atoms with Crippen LogP contribution in [0.3, 0.4) is 0 Å². The van der Waals surface area contributed by atoms with Gasteiger partial charge in [-0.25, -0.2) is 4.39 Å². The zero-order chi connectivity index (χ0) is 14.4. The highest BCUT2D eigenvalue weighted by molar-refractivity contribution is 5.91. The summed E-state index contributed by atoms with van der Waals surface area (Å²) in [5.41, 5.74) is 0.660. The van der Waals surface area contributed by atoms with Gasteiger partial charge < -0.3 is 10.4 Å². The molecular formula is C16H20FNO2. The zero-order valence-corrected chi connectivity index (χ0v) is 11.4. The molecule has 1 aliphatic carbocycles. The SMILES string of the molecule is O=C(/C=C/c1cccc(F)c1)NCC1CCCC(O)C1. The van der Waals surface area contributed by atoms with Crippen LogP contribution in [-0.2, 0) is 4.79 Å². The summed E-state index contributed by atoms with van der Waals surface area (Å²) in [5, 5.41) is 12.4. The monoisotopic (exact) mass is 277 g/mol. The van der Waals surface area contributed by atoms with Crippen molar-refractivity contribution in [2.24, 2.45) is 5.92 Å². The van der Waals surface area contributed by atoms with Crippen molar-refractivity contribution >= 4 is 12.0 Å². The predicted molar refractivity (Wildman–Crippen MR) is 76.4 cm³/mol. The number of hydrogen-bond donors (Lipinski definition) is 2. The number of carbonyl (C=O) groups is 1. The fraction of sp³-hybridized carbons (Fsp3) is 0.438. The van der Waals surface area contributed by atoms with E-state index >= 15 is 0 Å². The van der Waals surface area contributed by atoms with Crippen LogP contribution in [0, 0.1) is 11.7 Å².